The molecule has 0 atom stereocenters. The molecule has 1 fully saturated rings. The van der Waals surface area contributed by atoms with Crippen molar-refractivity contribution in [2.45, 2.75) is 51.0 Å². The molecule has 0 radical (unpaired) electrons. The Balaban J connectivity index is 1.61. The average Bonchev–Trinajstić information content (AvgIpc) is 3.12. The molecule has 1 heterocycles. The molecule has 5 heteroatoms. The fourth-order valence-electron chi connectivity index (χ4n) is 4.38. The first-order chi connectivity index (χ1) is 13.6. The normalized spacial score (nSPS) is 16.2. The van der Waals surface area contributed by atoms with Crippen LogP contribution in [0.15, 0.2) is 47.1 Å². The molecule has 0 saturated heterocycles. The lowest BCUT2D eigenvalue weighted by Crippen LogP contribution is -2.60. The number of furan rings is 1. The summed E-state index contributed by atoms with van der Waals surface area (Å²) in [5.74, 6) is -0.200. The predicted molar refractivity (Wildman–Crippen MR) is 110 cm³/mol. The first kappa shape index (κ1) is 18.5. The van der Waals surface area contributed by atoms with Gasteiger partial charge in [0.1, 0.15) is 11.1 Å². The van der Waals surface area contributed by atoms with Gasteiger partial charge in [0.05, 0.1) is 12.7 Å². The zero-order chi connectivity index (χ0) is 19.6. The van der Waals surface area contributed by atoms with Gasteiger partial charge in [-0.15, -0.1) is 0 Å². The second-order valence-electron chi connectivity index (χ2n) is 7.65. The zero-order valence-corrected chi connectivity index (χ0v) is 16.2. The molecule has 28 heavy (non-hydrogen) atoms. The molecule has 4 rings (SSSR count). The number of carbonyl (C=O) groups excluding carboxylic acids is 2. The molecular formula is C23H26N2O3. The average molecular weight is 378 g/mol. The Morgan fingerprint density at radius 2 is 1.86 bits per heavy atom. The molecule has 2 aromatic carbocycles. The summed E-state index contributed by atoms with van der Waals surface area (Å²) in [4.78, 5) is 25.6. The highest BCUT2D eigenvalue weighted by Crippen LogP contribution is 2.31. The fraction of sp³-hybridized carbons (Fsp3) is 0.391. The van der Waals surface area contributed by atoms with Crippen LogP contribution in [0.3, 0.4) is 0 Å². The maximum Gasteiger partial charge on any atom is 0.245 e. The zero-order valence-electron chi connectivity index (χ0n) is 16.2. The molecule has 0 spiro atoms. The molecule has 0 bridgehead atoms. The maximum absolute atomic E-state index is 12.9. The Hall–Kier alpha value is -2.82. The van der Waals surface area contributed by atoms with E-state index in [4.69, 9.17) is 4.42 Å². The van der Waals surface area contributed by atoms with Gasteiger partial charge in [-0.05, 0) is 36.6 Å². The van der Waals surface area contributed by atoms with Crippen LogP contribution in [0.4, 0.5) is 0 Å². The number of hydrogen-bond donors (Lipinski definition) is 2. The fourth-order valence-corrected chi connectivity index (χ4v) is 4.38. The van der Waals surface area contributed by atoms with Crippen LogP contribution >= 0.6 is 0 Å². The van der Waals surface area contributed by atoms with Crippen LogP contribution in [0.1, 0.15) is 44.6 Å². The summed E-state index contributed by atoms with van der Waals surface area (Å²) in [6.07, 6.45) is 6.26. The van der Waals surface area contributed by atoms with Gasteiger partial charge in [0.2, 0.25) is 11.8 Å². The van der Waals surface area contributed by atoms with E-state index < -0.39 is 5.54 Å². The number of rotatable bonds is 5. The van der Waals surface area contributed by atoms with Crippen molar-refractivity contribution in [3.05, 3.63) is 48.2 Å². The highest BCUT2D eigenvalue weighted by Gasteiger charge is 2.40. The second kappa shape index (κ2) is 7.66. The van der Waals surface area contributed by atoms with Crippen LogP contribution in [0.2, 0.25) is 0 Å². The van der Waals surface area contributed by atoms with Crippen LogP contribution in [0, 0.1) is 0 Å². The minimum atomic E-state index is -0.785. The molecule has 5 nitrogen and oxygen atoms in total. The first-order valence-electron chi connectivity index (χ1n) is 10.1. The minimum Gasteiger partial charge on any atom is -0.464 e. The maximum atomic E-state index is 12.9. The Morgan fingerprint density at radius 1 is 1.07 bits per heavy atom. The third-order valence-electron chi connectivity index (χ3n) is 5.75. The molecule has 1 saturated carbocycles. The van der Waals surface area contributed by atoms with Gasteiger partial charge < -0.3 is 15.1 Å². The van der Waals surface area contributed by atoms with E-state index in [0.717, 1.165) is 46.6 Å². The number of nitrogens with one attached hydrogen (secondary N) is 2. The van der Waals surface area contributed by atoms with E-state index in [9.17, 15) is 9.59 Å². The Morgan fingerprint density at radius 3 is 2.64 bits per heavy atom. The van der Waals surface area contributed by atoms with Crippen LogP contribution < -0.4 is 10.6 Å². The van der Waals surface area contributed by atoms with Gasteiger partial charge >= 0.3 is 0 Å². The quantitative estimate of drug-likeness (QED) is 0.703. The van der Waals surface area contributed by atoms with Gasteiger partial charge in [0.15, 0.2) is 0 Å². The highest BCUT2D eigenvalue weighted by atomic mass is 16.3. The molecular weight excluding hydrogens is 352 g/mol. The topological polar surface area (TPSA) is 71.3 Å². The van der Waals surface area contributed by atoms with Crippen molar-refractivity contribution in [2.24, 2.45) is 0 Å². The lowest BCUT2D eigenvalue weighted by Gasteiger charge is -2.36. The summed E-state index contributed by atoms with van der Waals surface area (Å²) in [7, 11) is 0. The van der Waals surface area contributed by atoms with Gasteiger partial charge in [-0.2, -0.15) is 0 Å². The molecule has 0 aliphatic heterocycles. The summed E-state index contributed by atoms with van der Waals surface area (Å²) in [6, 6.07) is 12.1. The van der Waals surface area contributed by atoms with Crippen molar-refractivity contribution in [1.29, 1.82) is 0 Å². The molecule has 1 aliphatic carbocycles. The molecule has 1 aliphatic rings. The van der Waals surface area contributed by atoms with E-state index in [0.29, 0.717) is 19.4 Å². The van der Waals surface area contributed by atoms with Crippen molar-refractivity contribution in [2.75, 3.05) is 6.54 Å². The Labute approximate surface area is 164 Å². The minimum absolute atomic E-state index is 0.0643. The predicted octanol–water partition coefficient (Wildman–Crippen LogP) is 4.08. The SMILES string of the molecule is CCNC(=O)C1(NC(=O)Cc2coc3ccc4ccccc4c23)CCCCC1. The van der Waals surface area contributed by atoms with Crippen molar-refractivity contribution < 1.29 is 14.0 Å². The lowest BCUT2D eigenvalue weighted by molar-refractivity contribution is -0.134. The Bertz CT molecular complexity index is 1020. The van der Waals surface area contributed by atoms with Gasteiger partial charge in [-0.25, -0.2) is 0 Å². The van der Waals surface area contributed by atoms with Crippen LogP contribution in [-0.2, 0) is 16.0 Å². The smallest absolute Gasteiger partial charge is 0.245 e. The summed E-state index contributed by atoms with van der Waals surface area (Å²) in [5.41, 5.74) is 0.844. The third-order valence-corrected chi connectivity index (χ3v) is 5.75. The molecule has 1 aromatic heterocycles. The third kappa shape index (κ3) is 3.37. The molecule has 0 unspecified atom stereocenters. The highest BCUT2D eigenvalue weighted by molar-refractivity contribution is 6.08. The second-order valence-corrected chi connectivity index (χ2v) is 7.65. The van der Waals surface area contributed by atoms with Crippen molar-refractivity contribution >= 4 is 33.6 Å². The molecule has 2 amide bonds. The molecule has 146 valence electrons. The largest absolute Gasteiger partial charge is 0.464 e. The monoisotopic (exact) mass is 378 g/mol. The van der Waals surface area contributed by atoms with E-state index in [2.05, 4.69) is 16.7 Å². The van der Waals surface area contributed by atoms with Crippen molar-refractivity contribution in [3.63, 3.8) is 0 Å². The first-order valence-corrected chi connectivity index (χ1v) is 10.1. The van der Waals surface area contributed by atoms with Crippen molar-refractivity contribution in [3.8, 4) is 0 Å². The number of benzene rings is 2. The number of likely N-dealkylation sites (N-methyl/N-ethyl adjacent to an activating group) is 1. The van der Waals surface area contributed by atoms with Gasteiger partial charge in [0.25, 0.3) is 0 Å². The van der Waals surface area contributed by atoms with E-state index >= 15 is 0 Å². The lowest BCUT2D eigenvalue weighted by atomic mass is 9.80. The summed E-state index contributed by atoms with van der Waals surface area (Å²) < 4.78 is 5.70. The van der Waals surface area contributed by atoms with Gasteiger partial charge in [-0.3, -0.25) is 9.59 Å². The van der Waals surface area contributed by atoms with Gasteiger partial charge in [-0.1, -0.05) is 49.6 Å². The number of carbonyl (C=O) groups is 2. The Kier molecular flexibility index (Phi) is 5.07. The number of hydrogen-bond acceptors (Lipinski definition) is 3. The molecule has 3 aromatic rings. The van der Waals surface area contributed by atoms with E-state index in [1.807, 2.05) is 37.3 Å². The van der Waals surface area contributed by atoms with Crippen LogP contribution in [0.25, 0.3) is 21.7 Å². The number of fused-ring (bicyclic) bond motifs is 3. The standard InChI is InChI=1S/C23H26N2O3/c1-2-24-22(27)23(12-6-3-7-13-23)25-20(26)14-17-15-28-19-11-10-16-8-4-5-9-18(16)21(17)19/h4-5,8-11,15H,2-3,6-7,12-14H2,1H3,(H,24,27)(H,25,26). The van der Waals surface area contributed by atoms with E-state index in [1.54, 1.807) is 6.26 Å². The van der Waals surface area contributed by atoms with Gasteiger partial charge in [0, 0.05) is 17.5 Å². The summed E-state index contributed by atoms with van der Waals surface area (Å²) >= 11 is 0. The number of amides is 2. The van der Waals surface area contributed by atoms with E-state index in [-0.39, 0.29) is 18.2 Å². The van der Waals surface area contributed by atoms with E-state index in [1.165, 1.54) is 0 Å². The van der Waals surface area contributed by atoms with Crippen LogP contribution in [0.5, 0.6) is 0 Å². The van der Waals surface area contributed by atoms with Crippen molar-refractivity contribution in [1.82, 2.24) is 10.6 Å². The van der Waals surface area contributed by atoms with Crippen LogP contribution in [-0.4, -0.2) is 23.9 Å². The summed E-state index contributed by atoms with van der Waals surface area (Å²) in [6.45, 7) is 2.47. The summed E-state index contributed by atoms with van der Waals surface area (Å²) in [5, 5.41) is 9.14. The molecule has 2 N–H and O–H groups in total.